The van der Waals surface area contributed by atoms with E-state index in [0.29, 0.717) is 11.8 Å². The molecule has 0 bridgehead atoms. The molecule has 2 rings (SSSR count). The molecule has 0 spiro atoms. The van der Waals surface area contributed by atoms with E-state index in [1.165, 1.54) is 0 Å². The molecule has 0 unspecified atom stereocenters. The normalized spacial score (nSPS) is 22.6. The van der Waals surface area contributed by atoms with Crippen LogP contribution in [-0.2, 0) is 13.0 Å². The molecule has 0 aliphatic heterocycles. The van der Waals surface area contributed by atoms with E-state index in [0.717, 1.165) is 38.1 Å². The van der Waals surface area contributed by atoms with Gasteiger partial charge in [-0.15, -0.1) is 0 Å². The van der Waals surface area contributed by atoms with Gasteiger partial charge in [0.05, 0.1) is 5.60 Å². The summed E-state index contributed by atoms with van der Waals surface area (Å²) in [4.78, 5) is 4.25. The van der Waals surface area contributed by atoms with Crippen LogP contribution in [0.2, 0.25) is 0 Å². The van der Waals surface area contributed by atoms with Crippen LogP contribution in [0.3, 0.4) is 0 Å². The summed E-state index contributed by atoms with van der Waals surface area (Å²) in [6.07, 6.45) is 6.13. The lowest BCUT2D eigenvalue weighted by atomic mass is 9.70. The third-order valence-corrected chi connectivity index (χ3v) is 4.02. The van der Waals surface area contributed by atoms with Gasteiger partial charge in [-0.25, -0.2) is 4.98 Å². The lowest BCUT2D eigenvalue weighted by Crippen LogP contribution is -2.39. The maximum atomic E-state index is 10.6. The Hall–Kier alpha value is -0.900. The molecule has 1 aromatic rings. The lowest BCUT2D eigenvalue weighted by molar-refractivity contribution is -0.0272. The number of aliphatic hydroxyl groups is 1. The minimum absolute atomic E-state index is 0.380. The van der Waals surface area contributed by atoms with Gasteiger partial charge < -0.3 is 5.11 Å². The van der Waals surface area contributed by atoms with Crippen LogP contribution in [0.15, 0.2) is 6.33 Å². The molecule has 1 aromatic heterocycles. The smallest absolute Gasteiger partial charge is 0.138 e. The average molecular weight is 237 g/mol. The number of rotatable bonds is 3. The highest BCUT2D eigenvalue weighted by molar-refractivity contribution is 4.98. The fourth-order valence-electron chi connectivity index (χ4n) is 2.55. The Balaban J connectivity index is 2.04. The molecule has 17 heavy (non-hydrogen) atoms. The standard InChI is InChI=1S/C13H23N3O/c1-4-16-11(14-10-15-16)9-13(17)7-5-12(2,3)6-8-13/h10,17H,4-9H2,1-3H3. The van der Waals surface area contributed by atoms with E-state index in [1.54, 1.807) is 6.33 Å². The van der Waals surface area contributed by atoms with Gasteiger partial charge in [-0.05, 0) is 38.0 Å². The molecule has 0 amide bonds. The van der Waals surface area contributed by atoms with Crippen LogP contribution in [0.1, 0.15) is 52.3 Å². The largest absolute Gasteiger partial charge is 0.389 e. The maximum absolute atomic E-state index is 10.6. The summed E-state index contributed by atoms with van der Waals surface area (Å²) < 4.78 is 1.87. The summed E-state index contributed by atoms with van der Waals surface area (Å²) in [6.45, 7) is 7.42. The second kappa shape index (κ2) is 4.41. The Bertz CT molecular complexity index is 374. The fraction of sp³-hybridized carbons (Fsp3) is 0.846. The van der Waals surface area contributed by atoms with Crippen LogP contribution in [0.5, 0.6) is 0 Å². The quantitative estimate of drug-likeness (QED) is 0.876. The summed E-state index contributed by atoms with van der Waals surface area (Å²) in [6, 6.07) is 0. The van der Waals surface area contributed by atoms with Crippen molar-refractivity contribution in [3.05, 3.63) is 12.2 Å². The third-order valence-electron chi connectivity index (χ3n) is 4.02. The molecule has 0 atom stereocenters. The molecule has 4 heteroatoms. The fourth-order valence-corrected chi connectivity index (χ4v) is 2.55. The number of nitrogens with zero attached hydrogens (tertiary/aromatic N) is 3. The minimum Gasteiger partial charge on any atom is -0.389 e. The van der Waals surface area contributed by atoms with Crippen LogP contribution >= 0.6 is 0 Å². The van der Waals surface area contributed by atoms with Crippen molar-refractivity contribution in [2.24, 2.45) is 5.41 Å². The predicted molar refractivity (Wildman–Crippen MR) is 66.6 cm³/mol. The number of hydrogen-bond acceptors (Lipinski definition) is 3. The van der Waals surface area contributed by atoms with Crippen LogP contribution in [-0.4, -0.2) is 25.5 Å². The Labute approximate surface area is 103 Å². The van der Waals surface area contributed by atoms with Gasteiger partial charge in [0.25, 0.3) is 0 Å². The molecule has 1 fully saturated rings. The van der Waals surface area contributed by atoms with E-state index in [2.05, 4.69) is 23.9 Å². The molecule has 0 saturated heterocycles. The van der Waals surface area contributed by atoms with Gasteiger partial charge in [0, 0.05) is 13.0 Å². The molecular formula is C13H23N3O. The first-order valence-electron chi connectivity index (χ1n) is 6.53. The topological polar surface area (TPSA) is 50.9 Å². The van der Waals surface area contributed by atoms with Crippen molar-refractivity contribution in [3.8, 4) is 0 Å². The summed E-state index contributed by atoms with van der Waals surface area (Å²) in [5.41, 5.74) is -0.194. The first-order valence-corrected chi connectivity index (χ1v) is 6.53. The molecule has 1 aliphatic rings. The number of aryl methyl sites for hydroxylation is 1. The molecule has 96 valence electrons. The van der Waals surface area contributed by atoms with Crippen LogP contribution in [0.25, 0.3) is 0 Å². The van der Waals surface area contributed by atoms with Gasteiger partial charge in [0.1, 0.15) is 12.2 Å². The molecule has 0 aromatic carbocycles. The van der Waals surface area contributed by atoms with E-state index in [9.17, 15) is 5.11 Å². The first kappa shape index (κ1) is 12.6. The Morgan fingerprint density at radius 1 is 1.29 bits per heavy atom. The summed E-state index contributed by atoms with van der Waals surface area (Å²) in [5.74, 6) is 0.912. The highest BCUT2D eigenvalue weighted by Gasteiger charge is 2.37. The van der Waals surface area contributed by atoms with E-state index in [-0.39, 0.29) is 0 Å². The highest BCUT2D eigenvalue weighted by atomic mass is 16.3. The van der Waals surface area contributed by atoms with Crippen LogP contribution < -0.4 is 0 Å². The first-order chi connectivity index (χ1) is 7.94. The van der Waals surface area contributed by atoms with Gasteiger partial charge in [-0.2, -0.15) is 5.10 Å². The molecular weight excluding hydrogens is 214 g/mol. The van der Waals surface area contributed by atoms with Gasteiger partial charge in [0.2, 0.25) is 0 Å². The van der Waals surface area contributed by atoms with E-state index in [4.69, 9.17) is 0 Å². The lowest BCUT2D eigenvalue weighted by Gasteiger charge is -2.40. The Kier molecular flexibility index (Phi) is 3.25. The molecule has 4 nitrogen and oxygen atoms in total. The monoisotopic (exact) mass is 237 g/mol. The van der Waals surface area contributed by atoms with E-state index < -0.39 is 5.60 Å². The number of aromatic nitrogens is 3. The SMILES string of the molecule is CCn1ncnc1CC1(O)CCC(C)(C)CC1. The second-order valence-corrected chi connectivity index (χ2v) is 6.06. The van der Waals surface area contributed by atoms with Gasteiger partial charge in [-0.1, -0.05) is 13.8 Å². The highest BCUT2D eigenvalue weighted by Crippen LogP contribution is 2.41. The van der Waals surface area contributed by atoms with Gasteiger partial charge in [-0.3, -0.25) is 4.68 Å². The Morgan fingerprint density at radius 2 is 1.94 bits per heavy atom. The van der Waals surface area contributed by atoms with Crippen LogP contribution in [0, 0.1) is 5.41 Å². The zero-order valence-corrected chi connectivity index (χ0v) is 11.1. The van der Waals surface area contributed by atoms with Crippen LogP contribution in [0.4, 0.5) is 0 Å². The van der Waals surface area contributed by atoms with Crippen molar-refractivity contribution in [1.82, 2.24) is 14.8 Å². The second-order valence-electron chi connectivity index (χ2n) is 6.06. The predicted octanol–water partition coefficient (Wildman–Crippen LogP) is 2.17. The maximum Gasteiger partial charge on any atom is 0.138 e. The van der Waals surface area contributed by atoms with Crippen molar-refractivity contribution in [2.45, 2.75) is 65.0 Å². The molecule has 1 N–H and O–H groups in total. The van der Waals surface area contributed by atoms with Crippen molar-refractivity contribution in [2.75, 3.05) is 0 Å². The van der Waals surface area contributed by atoms with Gasteiger partial charge in [0.15, 0.2) is 0 Å². The molecule has 1 aliphatic carbocycles. The van der Waals surface area contributed by atoms with Gasteiger partial charge >= 0.3 is 0 Å². The van der Waals surface area contributed by atoms with Crippen molar-refractivity contribution >= 4 is 0 Å². The van der Waals surface area contributed by atoms with Crippen molar-refractivity contribution < 1.29 is 5.11 Å². The summed E-state index contributed by atoms with van der Waals surface area (Å²) >= 11 is 0. The summed E-state index contributed by atoms with van der Waals surface area (Å²) in [5, 5.41) is 14.8. The minimum atomic E-state index is -0.574. The average Bonchev–Trinajstić information content (AvgIpc) is 2.70. The van der Waals surface area contributed by atoms with E-state index in [1.807, 2.05) is 11.6 Å². The van der Waals surface area contributed by atoms with Crippen molar-refractivity contribution in [3.63, 3.8) is 0 Å². The molecule has 1 heterocycles. The number of hydrogen-bond donors (Lipinski definition) is 1. The zero-order valence-electron chi connectivity index (χ0n) is 11.1. The van der Waals surface area contributed by atoms with Crippen molar-refractivity contribution in [1.29, 1.82) is 0 Å². The van der Waals surface area contributed by atoms with E-state index >= 15 is 0 Å². The summed E-state index contributed by atoms with van der Waals surface area (Å²) in [7, 11) is 0. The molecule has 0 radical (unpaired) electrons. The zero-order chi connectivity index (χ0) is 12.5. The third kappa shape index (κ3) is 2.86. The Morgan fingerprint density at radius 3 is 2.53 bits per heavy atom. The molecule has 1 saturated carbocycles.